The first-order valence-corrected chi connectivity index (χ1v) is 7.44. The van der Waals surface area contributed by atoms with Crippen LogP contribution in [0.15, 0.2) is 41.2 Å². The van der Waals surface area contributed by atoms with Crippen molar-refractivity contribution in [2.75, 3.05) is 0 Å². The molecule has 1 heterocycles. The van der Waals surface area contributed by atoms with Crippen molar-refractivity contribution in [2.24, 2.45) is 5.73 Å². The minimum atomic E-state index is -0.307. The van der Waals surface area contributed by atoms with E-state index in [1.165, 1.54) is 12.1 Å². The summed E-state index contributed by atoms with van der Waals surface area (Å²) in [5.74, 6) is -0.527. The van der Waals surface area contributed by atoms with Crippen LogP contribution in [0.3, 0.4) is 0 Å². The van der Waals surface area contributed by atoms with Crippen molar-refractivity contribution in [3.8, 4) is 11.3 Å². The Balaban J connectivity index is 2.20. The molecule has 1 fully saturated rings. The summed E-state index contributed by atoms with van der Waals surface area (Å²) >= 11 is 0. The predicted molar refractivity (Wildman–Crippen MR) is 84.6 cm³/mol. The van der Waals surface area contributed by atoms with Crippen LogP contribution in [0, 0.1) is 11.2 Å². The molecule has 22 heavy (non-hydrogen) atoms. The molecule has 2 aromatic rings. The summed E-state index contributed by atoms with van der Waals surface area (Å²) in [6.45, 7) is 0. The Hall–Kier alpha value is -2.43. The van der Waals surface area contributed by atoms with Crippen LogP contribution in [0.2, 0.25) is 0 Å². The fraction of sp³-hybridized carbons (Fsp3) is 0.294. The summed E-state index contributed by atoms with van der Waals surface area (Å²) in [5.41, 5.74) is 7.04. The highest BCUT2D eigenvalue weighted by Gasteiger charge is 2.22. The number of hydrogen-bond acceptors (Lipinski definition) is 2. The van der Waals surface area contributed by atoms with Gasteiger partial charge in [0.1, 0.15) is 11.7 Å². The molecule has 0 unspecified atom stereocenters. The maximum atomic E-state index is 13.1. The van der Waals surface area contributed by atoms with Gasteiger partial charge in [0.05, 0.1) is 11.3 Å². The molecule has 5 heteroatoms. The van der Waals surface area contributed by atoms with Crippen LogP contribution in [-0.2, 0) is 0 Å². The fourth-order valence-corrected chi connectivity index (χ4v) is 3.14. The van der Waals surface area contributed by atoms with Gasteiger partial charge in [0, 0.05) is 6.04 Å². The maximum Gasteiger partial charge on any atom is 0.262 e. The summed E-state index contributed by atoms with van der Waals surface area (Å²) < 4.78 is 14.9. The SMILES string of the molecule is N=C(N)c1ccc(-c2ccc(F)cc2)n(C2CCCC2)c1=O. The molecule has 3 rings (SSSR count). The van der Waals surface area contributed by atoms with Gasteiger partial charge in [0.15, 0.2) is 0 Å². The van der Waals surface area contributed by atoms with Crippen molar-refractivity contribution in [1.29, 1.82) is 5.41 Å². The van der Waals surface area contributed by atoms with Crippen LogP contribution in [-0.4, -0.2) is 10.4 Å². The number of pyridine rings is 1. The van der Waals surface area contributed by atoms with Crippen LogP contribution < -0.4 is 11.3 Å². The second kappa shape index (κ2) is 5.75. The quantitative estimate of drug-likeness (QED) is 0.675. The highest BCUT2D eigenvalue weighted by Crippen LogP contribution is 2.32. The lowest BCUT2D eigenvalue weighted by Gasteiger charge is -2.20. The van der Waals surface area contributed by atoms with Gasteiger partial charge < -0.3 is 10.3 Å². The van der Waals surface area contributed by atoms with E-state index in [2.05, 4.69) is 0 Å². The van der Waals surface area contributed by atoms with Gasteiger partial charge in [-0.25, -0.2) is 4.39 Å². The van der Waals surface area contributed by atoms with E-state index in [0.29, 0.717) is 0 Å². The van der Waals surface area contributed by atoms with Crippen LogP contribution in [0.4, 0.5) is 4.39 Å². The predicted octanol–water partition coefficient (Wildman–Crippen LogP) is 3.05. The molecule has 0 radical (unpaired) electrons. The zero-order valence-corrected chi connectivity index (χ0v) is 12.2. The van der Waals surface area contributed by atoms with E-state index in [1.54, 1.807) is 28.8 Å². The number of nitrogens with two attached hydrogens (primary N) is 1. The largest absolute Gasteiger partial charge is 0.384 e. The number of benzene rings is 1. The lowest BCUT2D eigenvalue weighted by Crippen LogP contribution is -2.32. The highest BCUT2D eigenvalue weighted by molar-refractivity contribution is 5.94. The number of aromatic nitrogens is 1. The summed E-state index contributed by atoms with van der Waals surface area (Å²) in [4.78, 5) is 12.7. The lowest BCUT2D eigenvalue weighted by molar-refractivity contribution is 0.507. The zero-order valence-electron chi connectivity index (χ0n) is 12.2. The molecule has 1 aliphatic rings. The summed E-state index contributed by atoms with van der Waals surface area (Å²) in [6.07, 6.45) is 4.06. The normalized spacial score (nSPS) is 15.1. The van der Waals surface area contributed by atoms with Crippen LogP contribution >= 0.6 is 0 Å². The van der Waals surface area contributed by atoms with Crippen molar-refractivity contribution in [1.82, 2.24) is 4.57 Å². The Labute approximate surface area is 127 Å². The smallest absolute Gasteiger partial charge is 0.262 e. The van der Waals surface area contributed by atoms with Crippen LogP contribution in [0.1, 0.15) is 37.3 Å². The average molecular weight is 299 g/mol. The van der Waals surface area contributed by atoms with E-state index in [-0.39, 0.29) is 28.8 Å². The van der Waals surface area contributed by atoms with Gasteiger partial charge >= 0.3 is 0 Å². The van der Waals surface area contributed by atoms with Crippen molar-refractivity contribution in [2.45, 2.75) is 31.7 Å². The summed E-state index contributed by atoms with van der Waals surface area (Å²) in [7, 11) is 0. The van der Waals surface area contributed by atoms with Gasteiger partial charge in [-0.2, -0.15) is 0 Å². The molecule has 0 spiro atoms. The Morgan fingerprint density at radius 1 is 1.14 bits per heavy atom. The van der Waals surface area contributed by atoms with Crippen LogP contribution in [0.5, 0.6) is 0 Å². The molecule has 1 aliphatic carbocycles. The van der Waals surface area contributed by atoms with E-state index in [1.807, 2.05) is 0 Å². The monoisotopic (exact) mass is 299 g/mol. The molecule has 0 saturated heterocycles. The Bertz CT molecular complexity index is 758. The molecule has 0 bridgehead atoms. The Morgan fingerprint density at radius 2 is 1.77 bits per heavy atom. The van der Waals surface area contributed by atoms with Crippen molar-refractivity contribution < 1.29 is 4.39 Å². The van der Waals surface area contributed by atoms with Gasteiger partial charge in [-0.15, -0.1) is 0 Å². The number of amidine groups is 1. The van der Waals surface area contributed by atoms with Gasteiger partial charge in [-0.05, 0) is 54.8 Å². The molecule has 4 nitrogen and oxygen atoms in total. The van der Waals surface area contributed by atoms with Crippen molar-refractivity contribution >= 4 is 5.84 Å². The molecule has 1 aromatic carbocycles. The number of nitrogens with zero attached hydrogens (tertiary/aromatic N) is 1. The second-order valence-corrected chi connectivity index (χ2v) is 5.67. The standard InChI is InChI=1S/C17H18FN3O/c18-12-7-5-11(6-8-12)15-10-9-14(16(19)20)17(22)21(15)13-3-1-2-4-13/h5-10,13H,1-4H2,(H3,19,20). The molecular formula is C17H18FN3O. The Kier molecular flexibility index (Phi) is 3.79. The van der Waals surface area contributed by atoms with Gasteiger partial charge in [-0.1, -0.05) is 12.8 Å². The first kappa shape index (κ1) is 14.5. The minimum absolute atomic E-state index is 0.117. The van der Waals surface area contributed by atoms with E-state index < -0.39 is 0 Å². The molecule has 1 aromatic heterocycles. The van der Waals surface area contributed by atoms with E-state index in [4.69, 9.17) is 11.1 Å². The number of halogens is 1. The number of hydrogen-bond donors (Lipinski definition) is 2. The van der Waals surface area contributed by atoms with E-state index in [0.717, 1.165) is 36.9 Å². The molecular weight excluding hydrogens is 281 g/mol. The summed E-state index contributed by atoms with van der Waals surface area (Å²) in [6, 6.07) is 9.60. The third-order valence-electron chi connectivity index (χ3n) is 4.24. The topological polar surface area (TPSA) is 71.9 Å². The van der Waals surface area contributed by atoms with Gasteiger partial charge in [0.2, 0.25) is 0 Å². The minimum Gasteiger partial charge on any atom is -0.384 e. The first-order valence-electron chi connectivity index (χ1n) is 7.44. The number of nitrogens with one attached hydrogen (secondary N) is 1. The maximum absolute atomic E-state index is 13.1. The van der Waals surface area contributed by atoms with E-state index >= 15 is 0 Å². The highest BCUT2D eigenvalue weighted by atomic mass is 19.1. The lowest BCUT2D eigenvalue weighted by atomic mass is 10.1. The third kappa shape index (κ3) is 2.54. The molecule has 114 valence electrons. The third-order valence-corrected chi connectivity index (χ3v) is 4.24. The Morgan fingerprint density at radius 3 is 2.36 bits per heavy atom. The molecule has 0 aliphatic heterocycles. The molecule has 3 N–H and O–H groups in total. The summed E-state index contributed by atoms with van der Waals surface area (Å²) in [5, 5.41) is 7.56. The number of nitrogen functional groups attached to an aromatic ring is 1. The molecule has 0 amide bonds. The van der Waals surface area contributed by atoms with Crippen molar-refractivity contribution in [3.05, 3.63) is 58.1 Å². The molecule has 0 atom stereocenters. The fourth-order valence-electron chi connectivity index (χ4n) is 3.14. The average Bonchev–Trinajstić information content (AvgIpc) is 3.01. The van der Waals surface area contributed by atoms with E-state index in [9.17, 15) is 9.18 Å². The first-order chi connectivity index (χ1) is 10.6. The van der Waals surface area contributed by atoms with Crippen molar-refractivity contribution in [3.63, 3.8) is 0 Å². The van der Waals surface area contributed by atoms with Crippen LogP contribution in [0.25, 0.3) is 11.3 Å². The van der Waals surface area contributed by atoms with Gasteiger partial charge in [-0.3, -0.25) is 10.2 Å². The second-order valence-electron chi connectivity index (χ2n) is 5.67. The number of rotatable bonds is 3. The molecule has 1 saturated carbocycles. The van der Waals surface area contributed by atoms with Gasteiger partial charge in [0.25, 0.3) is 5.56 Å². The zero-order chi connectivity index (χ0) is 15.7.